The molecule has 0 aliphatic carbocycles. The Hall–Kier alpha value is -4.24. The van der Waals surface area contributed by atoms with E-state index in [9.17, 15) is 14.7 Å². The maximum absolute atomic E-state index is 14.3. The second-order valence-corrected chi connectivity index (χ2v) is 10.4. The van der Waals surface area contributed by atoms with Crippen LogP contribution in [0.3, 0.4) is 0 Å². The summed E-state index contributed by atoms with van der Waals surface area (Å²) in [6, 6.07) is 18.1. The predicted octanol–water partition coefficient (Wildman–Crippen LogP) is 4.94. The van der Waals surface area contributed by atoms with E-state index in [0.717, 1.165) is 11.1 Å². The number of carbonyl (C=O) groups excluding carboxylic acids is 2. The molecule has 2 aliphatic rings. The van der Waals surface area contributed by atoms with Crippen LogP contribution in [0.25, 0.3) is 0 Å². The Labute approximate surface area is 238 Å². The summed E-state index contributed by atoms with van der Waals surface area (Å²) in [6.07, 6.45) is -0.150. The van der Waals surface area contributed by atoms with Gasteiger partial charge in [-0.3, -0.25) is 14.7 Å². The topological polar surface area (TPSA) is 104 Å². The van der Waals surface area contributed by atoms with Gasteiger partial charge in [0.25, 0.3) is 0 Å². The molecule has 0 bridgehead atoms. The maximum atomic E-state index is 14.3. The van der Waals surface area contributed by atoms with Crippen LogP contribution < -0.4 is 14.8 Å². The number of carbonyl (C=O) groups is 2. The molecule has 9 nitrogen and oxygen atoms in total. The lowest BCUT2D eigenvalue weighted by Crippen LogP contribution is -2.55. The third-order valence-electron chi connectivity index (χ3n) is 6.82. The van der Waals surface area contributed by atoms with Crippen molar-refractivity contribution >= 4 is 29.4 Å². The Bertz CT molecular complexity index is 1430. The first-order chi connectivity index (χ1) is 19.2. The first-order valence-corrected chi connectivity index (χ1v) is 13.4. The number of rotatable bonds is 6. The van der Waals surface area contributed by atoms with Gasteiger partial charge < -0.3 is 24.8 Å². The molecular formula is C30H31ClN4O5. The monoisotopic (exact) mass is 562 g/mol. The predicted molar refractivity (Wildman–Crippen MR) is 152 cm³/mol. The fourth-order valence-electron chi connectivity index (χ4n) is 4.99. The van der Waals surface area contributed by atoms with Crippen LogP contribution in [0, 0.1) is 0 Å². The fraction of sp³-hybridized carbons (Fsp3) is 0.300. The molecule has 2 aliphatic heterocycles. The number of nitrogens with one attached hydrogen (secondary N) is 1. The second kappa shape index (κ2) is 11.5. The molecule has 1 saturated heterocycles. The molecule has 0 spiro atoms. The molecule has 5 rings (SSSR count). The summed E-state index contributed by atoms with van der Waals surface area (Å²) < 4.78 is 11.6. The average Bonchev–Trinajstić information content (AvgIpc) is 3.33. The number of phenolic OH excluding ortho intramolecular Hbond substituents is 1. The number of urea groups is 1. The van der Waals surface area contributed by atoms with Crippen molar-refractivity contribution in [3.05, 3.63) is 88.4 Å². The molecule has 2 unspecified atom stereocenters. The number of methoxy groups -OCH3 is 1. The Morgan fingerprint density at radius 2 is 1.77 bits per heavy atom. The van der Waals surface area contributed by atoms with Crippen molar-refractivity contribution in [3.63, 3.8) is 0 Å². The summed E-state index contributed by atoms with van der Waals surface area (Å²) in [7, 11) is 1.58. The molecule has 3 aromatic rings. The van der Waals surface area contributed by atoms with Crippen molar-refractivity contribution in [2.75, 3.05) is 26.7 Å². The third kappa shape index (κ3) is 5.56. The Balaban J connectivity index is 1.71. The summed E-state index contributed by atoms with van der Waals surface area (Å²) in [4.78, 5) is 34.9. The number of hydrogen-bond donors (Lipinski definition) is 2. The van der Waals surface area contributed by atoms with Gasteiger partial charge in [0.1, 0.15) is 35.7 Å². The zero-order valence-electron chi connectivity index (χ0n) is 22.5. The van der Waals surface area contributed by atoms with Crippen LogP contribution in [0.5, 0.6) is 17.2 Å². The van der Waals surface area contributed by atoms with Gasteiger partial charge in [-0.15, -0.1) is 0 Å². The quantitative estimate of drug-likeness (QED) is 0.443. The van der Waals surface area contributed by atoms with E-state index < -0.39 is 12.1 Å². The Kier molecular flexibility index (Phi) is 7.84. The molecule has 3 aromatic carbocycles. The van der Waals surface area contributed by atoms with Crippen molar-refractivity contribution < 1.29 is 24.2 Å². The molecule has 2 N–H and O–H groups in total. The number of ether oxygens (including phenoxy) is 2. The highest BCUT2D eigenvalue weighted by molar-refractivity contribution is 6.30. The normalized spacial score (nSPS) is 18.9. The number of amidine groups is 1. The van der Waals surface area contributed by atoms with Crippen LogP contribution >= 0.6 is 11.6 Å². The minimum Gasteiger partial charge on any atom is -0.508 e. The first-order valence-electron chi connectivity index (χ1n) is 13.1. The minimum absolute atomic E-state index is 0.0610. The maximum Gasteiger partial charge on any atom is 0.326 e. The van der Waals surface area contributed by atoms with Gasteiger partial charge in [0.15, 0.2) is 0 Å². The molecule has 3 amide bonds. The van der Waals surface area contributed by atoms with Crippen molar-refractivity contribution in [1.29, 1.82) is 0 Å². The summed E-state index contributed by atoms with van der Waals surface area (Å²) in [5.74, 6) is 1.42. The minimum atomic E-state index is -0.580. The van der Waals surface area contributed by atoms with Crippen LogP contribution in [0.4, 0.5) is 4.79 Å². The van der Waals surface area contributed by atoms with E-state index in [0.29, 0.717) is 41.0 Å². The summed E-state index contributed by atoms with van der Waals surface area (Å²) in [6.45, 7) is 4.50. The number of halogens is 1. The fourth-order valence-corrected chi connectivity index (χ4v) is 5.11. The third-order valence-corrected chi connectivity index (χ3v) is 7.07. The van der Waals surface area contributed by atoms with Gasteiger partial charge in [-0.25, -0.2) is 4.79 Å². The number of hydrogen-bond acceptors (Lipinski definition) is 6. The van der Waals surface area contributed by atoms with Gasteiger partial charge >= 0.3 is 6.03 Å². The van der Waals surface area contributed by atoms with E-state index >= 15 is 0 Å². The van der Waals surface area contributed by atoms with Crippen LogP contribution in [0.15, 0.2) is 71.7 Å². The van der Waals surface area contributed by atoms with Crippen LogP contribution in [-0.2, 0) is 4.79 Å². The van der Waals surface area contributed by atoms with Gasteiger partial charge in [0, 0.05) is 24.2 Å². The van der Waals surface area contributed by atoms with E-state index in [1.807, 2.05) is 32.0 Å². The Morgan fingerprint density at radius 3 is 2.42 bits per heavy atom. The number of piperazine rings is 1. The largest absolute Gasteiger partial charge is 0.508 e. The van der Waals surface area contributed by atoms with Crippen LogP contribution in [0.2, 0.25) is 5.02 Å². The van der Waals surface area contributed by atoms with E-state index in [1.165, 1.54) is 4.90 Å². The molecular weight excluding hydrogens is 532 g/mol. The molecule has 0 aromatic heterocycles. The van der Waals surface area contributed by atoms with E-state index in [1.54, 1.807) is 60.5 Å². The molecule has 2 heterocycles. The number of amides is 3. The molecule has 2 atom stereocenters. The molecule has 0 saturated carbocycles. The first kappa shape index (κ1) is 27.3. The van der Waals surface area contributed by atoms with Crippen LogP contribution in [-0.4, -0.2) is 65.5 Å². The average molecular weight is 563 g/mol. The highest BCUT2D eigenvalue weighted by Crippen LogP contribution is 2.46. The number of nitrogens with zero attached hydrogens (tertiary/aromatic N) is 3. The van der Waals surface area contributed by atoms with Gasteiger partial charge in [-0.1, -0.05) is 35.9 Å². The van der Waals surface area contributed by atoms with Crippen molar-refractivity contribution in [1.82, 2.24) is 15.1 Å². The summed E-state index contributed by atoms with van der Waals surface area (Å²) in [5, 5.41) is 13.4. The SMILES string of the molecule is COc1ccc(C2=NC(c3ccc(Cl)cc3)C(c3ccc(O)cc3)N2C(=O)N2CCNC(=O)C2)c(OC(C)C)c1. The molecule has 40 heavy (non-hydrogen) atoms. The summed E-state index contributed by atoms with van der Waals surface area (Å²) >= 11 is 6.20. The number of phenols is 1. The number of benzene rings is 3. The van der Waals surface area contributed by atoms with Crippen molar-refractivity contribution in [3.8, 4) is 17.2 Å². The van der Waals surface area contributed by atoms with Crippen molar-refractivity contribution in [2.45, 2.75) is 32.0 Å². The molecule has 10 heteroatoms. The van der Waals surface area contributed by atoms with Crippen LogP contribution in [0.1, 0.15) is 42.6 Å². The standard InChI is InChI=1S/C30H31ClN4O5/c1-18(2)40-25-16-23(39-3)12-13-24(25)29-33-27(19-4-8-21(31)9-5-19)28(20-6-10-22(36)11-7-20)35(29)30(38)34-15-14-32-26(37)17-34/h4-13,16,18,27-28,36H,14-15,17H2,1-3H3,(H,32,37). The van der Waals surface area contributed by atoms with E-state index in [4.69, 9.17) is 26.1 Å². The highest BCUT2D eigenvalue weighted by atomic mass is 35.5. The Morgan fingerprint density at radius 1 is 1.07 bits per heavy atom. The van der Waals surface area contributed by atoms with Crippen molar-refractivity contribution in [2.24, 2.45) is 4.99 Å². The molecule has 1 fully saturated rings. The van der Waals surface area contributed by atoms with E-state index in [-0.39, 0.29) is 30.3 Å². The highest BCUT2D eigenvalue weighted by Gasteiger charge is 2.45. The molecule has 0 radical (unpaired) electrons. The zero-order valence-corrected chi connectivity index (χ0v) is 23.3. The second-order valence-electron chi connectivity index (χ2n) is 9.94. The van der Waals surface area contributed by atoms with Gasteiger partial charge in [-0.05, 0) is 61.4 Å². The van der Waals surface area contributed by atoms with Gasteiger partial charge in [0.2, 0.25) is 5.91 Å². The zero-order chi connectivity index (χ0) is 28.4. The lowest BCUT2D eigenvalue weighted by Gasteiger charge is -2.36. The van der Waals surface area contributed by atoms with E-state index in [2.05, 4.69) is 5.32 Å². The van der Waals surface area contributed by atoms with Gasteiger partial charge in [0.05, 0.1) is 24.8 Å². The summed E-state index contributed by atoms with van der Waals surface area (Å²) in [5.41, 5.74) is 2.24. The lowest BCUT2D eigenvalue weighted by molar-refractivity contribution is -0.123. The smallest absolute Gasteiger partial charge is 0.326 e. The number of aliphatic imine (C=N–C) groups is 1. The van der Waals surface area contributed by atoms with Gasteiger partial charge in [-0.2, -0.15) is 0 Å². The number of aromatic hydroxyl groups is 1. The lowest BCUT2D eigenvalue weighted by atomic mass is 9.93. The molecule has 208 valence electrons.